The van der Waals surface area contributed by atoms with Crippen molar-refractivity contribution in [2.75, 3.05) is 36.4 Å². The molecule has 3 heterocycles. The molecule has 1 atom stereocenters. The number of hydrogen-bond donors (Lipinski definition) is 1. The normalized spacial score (nSPS) is 19.4. The molecule has 0 saturated carbocycles. The van der Waals surface area contributed by atoms with Crippen LogP contribution in [0.2, 0.25) is 0 Å². The second-order valence-corrected chi connectivity index (χ2v) is 9.42. The van der Waals surface area contributed by atoms with Gasteiger partial charge in [0.15, 0.2) is 0 Å². The molecule has 34 heavy (non-hydrogen) atoms. The molecule has 2 aliphatic rings. The average molecular weight is 458 g/mol. The summed E-state index contributed by atoms with van der Waals surface area (Å²) in [6.45, 7) is 5.21. The summed E-state index contributed by atoms with van der Waals surface area (Å²) in [7, 11) is 0. The molecule has 0 spiro atoms. The molecule has 2 fully saturated rings. The predicted molar refractivity (Wildman–Crippen MR) is 138 cm³/mol. The molecule has 3 aromatic rings. The molecular weight excluding hydrogens is 422 g/mol. The topological polar surface area (TPSA) is 53.5 Å². The maximum Gasteiger partial charge on any atom is 0.224 e. The number of piperidine rings is 1. The van der Waals surface area contributed by atoms with Crippen LogP contribution in [0.1, 0.15) is 44.1 Å². The van der Waals surface area contributed by atoms with Crippen molar-refractivity contribution in [2.45, 2.75) is 51.1 Å². The van der Waals surface area contributed by atoms with E-state index in [0.29, 0.717) is 6.04 Å². The van der Waals surface area contributed by atoms with Crippen molar-refractivity contribution in [3.63, 3.8) is 0 Å². The number of likely N-dealkylation sites (tertiary alicyclic amines) is 1. The Kier molecular flexibility index (Phi) is 7.56. The van der Waals surface area contributed by atoms with Crippen LogP contribution in [0.15, 0.2) is 66.9 Å². The molecule has 0 amide bonds. The standard InChI is InChI=1S/C28H35N5O/c1-2-7-19-33(18-6-1)27-15-16-29-28(31-27)30-24-11-9-17-32(22-24)21-23-10-8-14-26(20-23)34-25-12-4-3-5-13-25/h3-5,8,10,12-16,20,24H,1-2,6-7,9,11,17-19,21-22H2,(H,29,30,31). The largest absolute Gasteiger partial charge is 0.457 e. The Morgan fingerprint density at radius 2 is 1.68 bits per heavy atom. The fourth-order valence-corrected chi connectivity index (χ4v) is 4.98. The first kappa shape index (κ1) is 22.7. The van der Waals surface area contributed by atoms with Crippen molar-refractivity contribution in [2.24, 2.45) is 0 Å². The number of nitrogens with one attached hydrogen (secondary N) is 1. The van der Waals surface area contributed by atoms with Crippen LogP contribution in [0.5, 0.6) is 11.5 Å². The van der Waals surface area contributed by atoms with E-state index in [9.17, 15) is 0 Å². The molecule has 6 heteroatoms. The quantitative estimate of drug-likeness (QED) is 0.489. The lowest BCUT2D eigenvalue weighted by molar-refractivity contribution is 0.208. The van der Waals surface area contributed by atoms with Crippen LogP contribution in [-0.2, 0) is 6.54 Å². The van der Waals surface area contributed by atoms with Crippen LogP contribution < -0.4 is 15.0 Å². The average Bonchev–Trinajstić information content (AvgIpc) is 3.15. The maximum atomic E-state index is 6.03. The Hall–Kier alpha value is -3.12. The molecular formula is C28H35N5O. The van der Waals surface area contributed by atoms with E-state index < -0.39 is 0 Å². The molecule has 1 unspecified atom stereocenters. The Labute approximate surface area is 203 Å². The van der Waals surface area contributed by atoms with Gasteiger partial charge >= 0.3 is 0 Å². The van der Waals surface area contributed by atoms with E-state index in [2.05, 4.69) is 38.3 Å². The number of anilines is 2. The zero-order chi connectivity index (χ0) is 23.0. The van der Waals surface area contributed by atoms with Gasteiger partial charge in [-0.05, 0) is 68.1 Å². The molecule has 2 aromatic carbocycles. The van der Waals surface area contributed by atoms with Gasteiger partial charge in [0, 0.05) is 38.4 Å². The SMILES string of the molecule is c1ccc(Oc2cccc(CN3CCCC(Nc4nccc(N5CCCCCC5)n4)C3)c2)cc1. The highest BCUT2D eigenvalue weighted by molar-refractivity contribution is 5.43. The Bertz CT molecular complexity index is 1040. The highest BCUT2D eigenvalue weighted by atomic mass is 16.5. The molecule has 6 nitrogen and oxygen atoms in total. The molecule has 5 rings (SSSR count). The van der Waals surface area contributed by atoms with Crippen molar-refractivity contribution in [3.8, 4) is 11.5 Å². The van der Waals surface area contributed by atoms with Crippen molar-refractivity contribution in [1.82, 2.24) is 14.9 Å². The Balaban J connectivity index is 1.18. The number of ether oxygens (including phenoxy) is 1. The maximum absolute atomic E-state index is 6.03. The van der Waals surface area contributed by atoms with Gasteiger partial charge in [0.1, 0.15) is 17.3 Å². The van der Waals surface area contributed by atoms with Crippen LogP contribution in [0.4, 0.5) is 11.8 Å². The van der Waals surface area contributed by atoms with Gasteiger partial charge < -0.3 is 15.0 Å². The summed E-state index contributed by atoms with van der Waals surface area (Å²) in [6, 6.07) is 20.8. The van der Waals surface area contributed by atoms with Gasteiger partial charge in [0.25, 0.3) is 0 Å². The fraction of sp³-hybridized carbons (Fsp3) is 0.429. The lowest BCUT2D eigenvalue weighted by Crippen LogP contribution is -2.42. The first-order valence-electron chi connectivity index (χ1n) is 12.7. The van der Waals surface area contributed by atoms with Gasteiger partial charge in [-0.15, -0.1) is 0 Å². The summed E-state index contributed by atoms with van der Waals surface area (Å²) in [4.78, 5) is 14.3. The number of para-hydroxylation sites is 1. The summed E-state index contributed by atoms with van der Waals surface area (Å²) in [5.41, 5.74) is 1.27. The van der Waals surface area contributed by atoms with Crippen molar-refractivity contribution < 1.29 is 4.74 Å². The van der Waals surface area contributed by atoms with E-state index in [1.165, 1.54) is 37.7 Å². The first-order chi connectivity index (χ1) is 16.8. The number of aromatic nitrogens is 2. The van der Waals surface area contributed by atoms with Crippen LogP contribution in [0.25, 0.3) is 0 Å². The van der Waals surface area contributed by atoms with Gasteiger partial charge in [-0.3, -0.25) is 4.90 Å². The minimum Gasteiger partial charge on any atom is -0.457 e. The smallest absolute Gasteiger partial charge is 0.224 e. The fourth-order valence-electron chi connectivity index (χ4n) is 4.98. The minimum atomic E-state index is 0.358. The highest BCUT2D eigenvalue weighted by Gasteiger charge is 2.21. The second kappa shape index (κ2) is 11.3. The molecule has 0 bridgehead atoms. The summed E-state index contributed by atoms with van der Waals surface area (Å²) in [6.07, 6.45) is 9.37. The molecule has 0 radical (unpaired) electrons. The number of nitrogens with zero attached hydrogens (tertiary/aromatic N) is 4. The second-order valence-electron chi connectivity index (χ2n) is 9.42. The molecule has 1 N–H and O–H groups in total. The summed E-state index contributed by atoms with van der Waals surface area (Å²) >= 11 is 0. The van der Waals surface area contributed by atoms with Crippen LogP contribution in [0.3, 0.4) is 0 Å². The van der Waals surface area contributed by atoms with Crippen molar-refractivity contribution >= 4 is 11.8 Å². The van der Waals surface area contributed by atoms with Gasteiger partial charge in [0.05, 0.1) is 0 Å². The van der Waals surface area contributed by atoms with Crippen LogP contribution >= 0.6 is 0 Å². The highest BCUT2D eigenvalue weighted by Crippen LogP contribution is 2.24. The minimum absolute atomic E-state index is 0.358. The Morgan fingerprint density at radius 3 is 2.53 bits per heavy atom. The van der Waals surface area contributed by atoms with E-state index in [0.717, 1.165) is 62.4 Å². The third-order valence-corrected chi connectivity index (χ3v) is 6.69. The van der Waals surface area contributed by atoms with Gasteiger partial charge in [-0.1, -0.05) is 43.2 Å². The van der Waals surface area contributed by atoms with Gasteiger partial charge in [0.2, 0.25) is 5.95 Å². The zero-order valence-corrected chi connectivity index (χ0v) is 19.9. The Morgan fingerprint density at radius 1 is 0.853 bits per heavy atom. The number of hydrogen-bond acceptors (Lipinski definition) is 6. The lowest BCUT2D eigenvalue weighted by Gasteiger charge is -2.33. The molecule has 0 aliphatic carbocycles. The zero-order valence-electron chi connectivity index (χ0n) is 19.9. The van der Waals surface area contributed by atoms with Crippen LogP contribution in [-0.4, -0.2) is 47.1 Å². The monoisotopic (exact) mass is 457 g/mol. The molecule has 2 saturated heterocycles. The van der Waals surface area contributed by atoms with E-state index in [1.807, 2.05) is 48.7 Å². The summed E-state index contributed by atoms with van der Waals surface area (Å²) < 4.78 is 6.03. The van der Waals surface area contributed by atoms with Crippen molar-refractivity contribution in [3.05, 3.63) is 72.4 Å². The first-order valence-corrected chi connectivity index (χ1v) is 12.7. The molecule has 178 valence electrons. The van der Waals surface area contributed by atoms with Crippen LogP contribution in [0, 0.1) is 0 Å². The van der Waals surface area contributed by atoms with Gasteiger partial charge in [-0.2, -0.15) is 4.98 Å². The van der Waals surface area contributed by atoms with E-state index in [1.54, 1.807) is 0 Å². The van der Waals surface area contributed by atoms with E-state index in [4.69, 9.17) is 9.72 Å². The third-order valence-electron chi connectivity index (χ3n) is 6.69. The number of benzene rings is 2. The number of rotatable bonds is 7. The van der Waals surface area contributed by atoms with E-state index >= 15 is 0 Å². The van der Waals surface area contributed by atoms with E-state index in [-0.39, 0.29) is 0 Å². The van der Waals surface area contributed by atoms with Gasteiger partial charge in [-0.25, -0.2) is 4.98 Å². The summed E-state index contributed by atoms with van der Waals surface area (Å²) in [5.74, 6) is 3.56. The molecule has 2 aliphatic heterocycles. The molecule has 1 aromatic heterocycles. The third kappa shape index (κ3) is 6.26. The summed E-state index contributed by atoms with van der Waals surface area (Å²) in [5, 5.41) is 3.62. The lowest BCUT2D eigenvalue weighted by atomic mass is 10.0. The predicted octanol–water partition coefficient (Wildman–Crippen LogP) is 5.73. The van der Waals surface area contributed by atoms with Crippen molar-refractivity contribution in [1.29, 1.82) is 0 Å².